The number of aryl methyl sites for hydroxylation is 1. The molecule has 0 aliphatic carbocycles. The molecule has 0 spiro atoms. The summed E-state index contributed by atoms with van der Waals surface area (Å²) in [6, 6.07) is 30.2. The monoisotopic (exact) mass is 592 g/mol. The van der Waals surface area contributed by atoms with Crippen LogP contribution in [-0.2, 0) is 13.7 Å². The average molecular weight is 593 g/mol. The Morgan fingerprint density at radius 2 is 0.927 bits per heavy atom. The van der Waals surface area contributed by atoms with E-state index in [1.807, 2.05) is 138 Å². The van der Waals surface area contributed by atoms with Crippen LogP contribution in [0.4, 0.5) is 11.4 Å². The van der Waals surface area contributed by atoms with Crippen molar-refractivity contribution in [1.82, 2.24) is 0 Å². The Morgan fingerprint density at radius 1 is 0.561 bits per heavy atom. The summed E-state index contributed by atoms with van der Waals surface area (Å²) in [6.45, 7) is 7.90. The predicted molar refractivity (Wildman–Crippen MR) is 170 cm³/mol. The summed E-state index contributed by atoms with van der Waals surface area (Å²) in [4.78, 5) is 6.40. The summed E-state index contributed by atoms with van der Waals surface area (Å²) >= 11 is 0. The molecule has 41 heavy (non-hydrogen) atoms. The number of nitrogens with zero attached hydrogens (tertiary/aromatic N) is 2. The van der Waals surface area contributed by atoms with E-state index < -0.39 is 20.4 Å². The fourth-order valence-corrected chi connectivity index (χ4v) is 9.51. The minimum absolute atomic E-state index is 0.113. The molecule has 0 bridgehead atoms. The standard InChI is InChI=1S/C33H40N2O4S2/c1-25-9-17-32(18-10-25)41(36,37)39-40(29-19-11-26(12-20-29)34(5)6,30-21-13-27(14-22-30)35(7)8)31-23-15-28(16-24-31)38-33(2,3)4/h9-24H,1-8H3. The van der Waals surface area contributed by atoms with E-state index in [0.717, 1.165) is 31.6 Å². The van der Waals surface area contributed by atoms with Gasteiger partial charge in [0.2, 0.25) is 0 Å². The van der Waals surface area contributed by atoms with Gasteiger partial charge in [0.25, 0.3) is 0 Å². The fourth-order valence-electron chi connectivity index (χ4n) is 4.33. The highest BCUT2D eigenvalue weighted by Crippen LogP contribution is 2.70. The third-order valence-corrected chi connectivity index (χ3v) is 11.6. The van der Waals surface area contributed by atoms with Crippen molar-refractivity contribution in [1.29, 1.82) is 0 Å². The lowest BCUT2D eigenvalue weighted by molar-refractivity contribution is 0.131. The van der Waals surface area contributed by atoms with Gasteiger partial charge in [-0.2, -0.15) is 8.42 Å². The van der Waals surface area contributed by atoms with Gasteiger partial charge in [0, 0.05) is 54.3 Å². The molecular weight excluding hydrogens is 553 g/mol. The lowest BCUT2D eigenvalue weighted by Gasteiger charge is -2.40. The van der Waals surface area contributed by atoms with Gasteiger partial charge in [-0.25, -0.2) is 3.63 Å². The van der Waals surface area contributed by atoms with E-state index in [-0.39, 0.29) is 10.5 Å². The highest BCUT2D eigenvalue weighted by Gasteiger charge is 2.38. The first-order valence-corrected chi connectivity index (χ1v) is 16.4. The number of benzene rings is 4. The van der Waals surface area contributed by atoms with Crippen LogP contribution in [0.3, 0.4) is 0 Å². The normalized spacial score (nSPS) is 12.6. The molecule has 0 atom stereocenters. The minimum Gasteiger partial charge on any atom is -0.488 e. The molecule has 218 valence electrons. The van der Waals surface area contributed by atoms with Crippen molar-refractivity contribution in [2.45, 2.75) is 52.9 Å². The van der Waals surface area contributed by atoms with Gasteiger partial charge in [0.15, 0.2) is 0 Å². The molecule has 0 fully saturated rings. The van der Waals surface area contributed by atoms with Crippen LogP contribution in [0.1, 0.15) is 26.3 Å². The zero-order chi connectivity index (χ0) is 30.0. The minimum atomic E-state index is -4.19. The molecule has 6 nitrogen and oxygen atoms in total. The van der Waals surface area contributed by atoms with Crippen LogP contribution in [-0.4, -0.2) is 42.2 Å². The maximum atomic E-state index is 14.0. The van der Waals surface area contributed by atoms with Gasteiger partial charge in [0.05, 0.1) is 4.90 Å². The summed E-state index contributed by atoms with van der Waals surface area (Å²) in [5.41, 5.74) is 2.59. The Morgan fingerprint density at radius 3 is 1.29 bits per heavy atom. The predicted octanol–water partition coefficient (Wildman–Crippen LogP) is 7.91. The van der Waals surface area contributed by atoms with Crippen molar-refractivity contribution in [2.24, 2.45) is 0 Å². The summed E-state index contributed by atoms with van der Waals surface area (Å²) < 4.78 is 40.7. The Labute approximate surface area is 247 Å². The maximum absolute atomic E-state index is 14.0. The highest BCUT2D eigenvalue weighted by molar-refractivity contribution is 8.33. The zero-order valence-corrected chi connectivity index (χ0v) is 26.7. The van der Waals surface area contributed by atoms with Gasteiger partial charge in [-0.15, -0.1) is 0 Å². The Hall–Kier alpha value is -3.46. The van der Waals surface area contributed by atoms with E-state index in [1.165, 1.54) is 0 Å². The van der Waals surface area contributed by atoms with Crippen LogP contribution in [0.5, 0.6) is 5.75 Å². The second-order valence-corrected chi connectivity index (χ2v) is 15.8. The molecule has 0 saturated heterocycles. The van der Waals surface area contributed by atoms with Gasteiger partial charge in [-0.05, 0) is 123 Å². The van der Waals surface area contributed by atoms with Crippen LogP contribution in [0, 0.1) is 6.92 Å². The summed E-state index contributed by atoms with van der Waals surface area (Å²) in [6.07, 6.45) is 0. The SMILES string of the molecule is Cc1ccc(S(=O)(=O)OS(c2ccc(OC(C)(C)C)cc2)(c2ccc(N(C)C)cc2)c2ccc(N(C)C)cc2)cc1. The molecule has 8 heteroatoms. The van der Waals surface area contributed by atoms with Crippen molar-refractivity contribution in [2.75, 3.05) is 38.0 Å². The summed E-state index contributed by atoms with van der Waals surface area (Å²) in [5.74, 6) is 0.696. The summed E-state index contributed by atoms with van der Waals surface area (Å²) in [5, 5.41) is 0. The number of hydrogen-bond donors (Lipinski definition) is 0. The van der Waals surface area contributed by atoms with Crippen molar-refractivity contribution in [3.63, 3.8) is 0 Å². The van der Waals surface area contributed by atoms with Crippen molar-refractivity contribution in [3.8, 4) is 5.75 Å². The molecule has 0 aliphatic heterocycles. The molecule has 0 saturated carbocycles. The molecule has 0 unspecified atom stereocenters. The third kappa shape index (κ3) is 6.89. The first kappa shape index (κ1) is 30.5. The maximum Gasteiger partial charge on any atom is 0.307 e. The molecule has 0 amide bonds. The molecule has 4 rings (SSSR count). The quantitative estimate of drug-likeness (QED) is 0.197. The molecule has 0 heterocycles. The van der Waals surface area contributed by atoms with Gasteiger partial charge in [-0.1, -0.05) is 17.7 Å². The van der Waals surface area contributed by atoms with Crippen molar-refractivity contribution >= 4 is 31.8 Å². The second-order valence-electron chi connectivity index (χ2n) is 11.4. The highest BCUT2D eigenvalue weighted by atomic mass is 32.3. The number of anilines is 2. The Bertz CT molecular complexity index is 1510. The third-order valence-electron chi connectivity index (χ3n) is 6.45. The van der Waals surface area contributed by atoms with Gasteiger partial charge < -0.3 is 14.5 Å². The molecule has 4 aromatic carbocycles. The lowest BCUT2D eigenvalue weighted by Crippen LogP contribution is -2.22. The molecule has 0 N–H and O–H groups in total. The number of hydrogen-bond acceptors (Lipinski definition) is 6. The van der Waals surface area contributed by atoms with Crippen LogP contribution in [0.2, 0.25) is 0 Å². The zero-order valence-electron chi connectivity index (χ0n) is 25.1. The largest absolute Gasteiger partial charge is 0.488 e. The number of ether oxygens (including phenoxy) is 1. The Balaban J connectivity index is 2.00. The summed E-state index contributed by atoms with van der Waals surface area (Å²) in [7, 11) is 0.934. The number of rotatable bonds is 9. The van der Waals surface area contributed by atoms with Crippen LogP contribution in [0.25, 0.3) is 0 Å². The van der Waals surface area contributed by atoms with E-state index in [0.29, 0.717) is 5.75 Å². The first-order valence-electron chi connectivity index (χ1n) is 13.4. The van der Waals surface area contributed by atoms with E-state index in [2.05, 4.69) is 0 Å². The Kier molecular flexibility index (Phi) is 8.78. The molecule has 0 aliphatic rings. The van der Waals surface area contributed by atoms with E-state index in [1.54, 1.807) is 24.3 Å². The second kappa shape index (κ2) is 11.8. The van der Waals surface area contributed by atoms with Gasteiger partial charge in [-0.3, -0.25) is 0 Å². The van der Waals surface area contributed by atoms with Gasteiger partial charge >= 0.3 is 10.1 Å². The van der Waals surface area contributed by atoms with Crippen molar-refractivity contribution in [3.05, 3.63) is 103 Å². The molecule has 0 aromatic heterocycles. The smallest absolute Gasteiger partial charge is 0.307 e. The molecule has 4 aromatic rings. The van der Waals surface area contributed by atoms with Gasteiger partial charge in [0.1, 0.15) is 11.4 Å². The van der Waals surface area contributed by atoms with Crippen LogP contribution < -0.4 is 14.5 Å². The van der Waals surface area contributed by atoms with E-state index in [4.69, 9.17) is 8.37 Å². The van der Waals surface area contributed by atoms with Crippen molar-refractivity contribution < 1.29 is 16.8 Å². The lowest BCUT2D eigenvalue weighted by atomic mass is 10.2. The first-order chi connectivity index (χ1) is 19.2. The molecule has 0 radical (unpaired) electrons. The fraction of sp³-hybridized carbons (Fsp3) is 0.273. The average Bonchev–Trinajstić information content (AvgIpc) is 2.92. The van der Waals surface area contributed by atoms with E-state index in [9.17, 15) is 8.42 Å². The topological polar surface area (TPSA) is 59.1 Å². The van der Waals surface area contributed by atoms with Crippen LogP contribution >= 0.6 is 10.3 Å². The van der Waals surface area contributed by atoms with E-state index >= 15 is 0 Å². The van der Waals surface area contributed by atoms with Crippen LogP contribution in [0.15, 0.2) is 117 Å². The molecular formula is C33H40N2O4S2.